The van der Waals surface area contributed by atoms with Gasteiger partial charge in [0.15, 0.2) is 9.84 Å². The lowest BCUT2D eigenvalue weighted by Crippen LogP contribution is -2.53. The molecule has 1 atom stereocenters. The molecule has 1 aliphatic heterocycles. The molecule has 3 rings (SSSR count). The molecule has 1 fully saturated rings. The van der Waals surface area contributed by atoms with E-state index in [0.717, 1.165) is 4.31 Å². The molecule has 2 aromatic carbocycles. The first-order valence-corrected chi connectivity index (χ1v) is 16.1. The second-order valence-corrected chi connectivity index (χ2v) is 14.6. The maximum atomic E-state index is 14.0. The standard InChI is InChI=1S/C23H32N2O10S3/c1-23(10-13-36(26,27)16-23)25(38(30,31)22-15-18(33-3)7-9-20(22)35-5)12-11-24-37(28,29)21-14-17(32-2)6-8-19(21)34-4/h6-9,14-15,24H,10-13,16H2,1-5H3/t23-/m1/s1. The van der Waals surface area contributed by atoms with Crippen molar-refractivity contribution in [1.82, 2.24) is 9.03 Å². The van der Waals surface area contributed by atoms with Gasteiger partial charge in [0, 0.05) is 30.8 Å². The largest absolute Gasteiger partial charge is 0.497 e. The van der Waals surface area contributed by atoms with Crippen molar-refractivity contribution in [1.29, 1.82) is 0 Å². The molecule has 38 heavy (non-hydrogen) atoms. The van der Waals surface area contributed by atoms with Gasteiger partial charge in [0.1, 0.15) is 32.8 Å². The quantitative estimate of drug-likeness (QED) is 0.381. The fraction of sp³-hybridized carbons (Fsp3) is 0.478. The number of hydrogen-bond donors (Lipinski definition) is 1. The number of nitrogens with one attached hydrogen (secondary N) is 1. The molecule has 0 radical (unpaired) electrons. The number of ether oxygens (including phenoxy) is 4. The molecule has 0 aliphatic carbocycles. The van der Waals surface area contributed by atoms with E-state index in [0.29, 0.717) is 0 Å². The predicted octanol–water partition coefficient (Wildman–Crippen LogP) is 1.27. The summed E-state index contributed by atoms with van der Waals surface area (Å²) in [4.78, 5) is -0.430. The zero-order valence-electron chi connectivity index (χ0n) is 21.8. The average Bonchev–Trinajstić information content (AvgIpc) is 3.18. The minimum atomic E-state index is -4.39. The smallest absolute Gasteiger partial charge is 0.247 e. The molecule has 2 aromatic rings. The van der Waals surface area contributed by atoms with E-state index in [1.807, 2.05) is 0 Å². The Bertz CT molecular complexity index is 1490. The molecule has 1 N–H and O–H groups in total. The predicted molar refractivity (Wildman–Crippen MR) is 140 cm³/mol. The third-order valence-corrected chi connectivity index (χ3v) is 11.7. The van der Waals surface area contributed by atoms with Crippen LogP contribution < -0.4 is 23.7 Å². The van der Waals surface area contributed by atoms with Crippen LogP contribution in [0.5, 0.6) is 23.0 Å². The Hall–Kier alpha value is -2.59. The van der Waals surface area contributed by atoms with Gasteiger partial charge in [0.05, 0.1) is 39.9 Å². The van der Waals surface area contributed by atoms with E-state index in [4.69, 9.17) is 18.9 Å². The minimum Gasteiger partial charge on any atom is -0.497 e. The van der Waals surface area contributed by atoms with E-state index >= 15 is 0 Å². The van der Waals surface area contributed by atoms with Crippen LogP contribution in [0.25, 0.3) is 0 Å². The van der Waals surface area contributed by atoms with Crippen LogP contribution in [0.4, 0.5) is 0 Å². The van der Waals surface area contributed by atoms with Gasteiger partial charge >= 0.3 is 0 Å². The molecule has 12 nitrogen and oxygen atoms in total. The fourth-order valence-corrected chi connectivity index (χ4v) is 9.73. The number of nitrogens with zero attached hydrogens (tertiary/aromatic N) is 1. The van der Waals surface area contributed by atoms with Crippen molar-refractivity contribution in [2.45, 2.75) is 28.7 Å². The van der Waals surface area contributed by atoms with E-state index < -0.39 is 41.2 Å². The van der Waals surface area contributed by atoms with Gasteiger partial charge in [-0.05, 0) is 37.6 Å². The molecule has 0 aromatic heterocycles. The summed E-state index contributed by atoms with van der Waals surface area (Å²) < 4.78 is 103. The first-order valence-electron chi connectivity index (χ1n) is 11.4. The molecule has 212 valence electrons. The third kappa shape index (κ3) is 6.17. The van der Waals surface area contributed by atoms with E-state index in [-0.39, 0.29) is 58.1 Å². The number of sulfone groups is 1. The fourth-order valence-electron chi connectivity index (χ4n) is 4.33. The number of rotatable bonds is 12. The lowest BCUT2D eigenvalue weighted by atomic mass is 10.0. The summed E-state index contributed by atoms with van der Waals surface area (Å²) in [5.74, 6) is 0.0163. The van der Waals surface area contributed by atoms with Crippen LogP contribution in [0.2, 0.25) is 0 Å². The van der Waals surface area contributed by atoms with Crippen molar-refractivity contribution in [2.24, 2.45) is 0 Å². The summed E-state index contributed by atoms with van der Waals surface area (Å²) in [7, 11) is -6.69. The highest BCUT2D eigenvalue weighted by atomic mass is 32.2. The van der Waals surface area contributed by atoms with Gasteiger partial charge in [-0.15, -0.1) is 0 Å². The van der Waals surface area contributed by atoms with Crippen LogP contribution >= 0.6 is 0 Å². The van der Waals surface area contributed by atoms with E-state index in [9.17, 15) is 25.3 Å². The summed E-state index contributed by atoms with van der Waals surface area (Å²) in [5, 5.41) is 0. The molecule has 1 aliphatic rings. The van der Waals surface area contributed by atoms with Crippen molar-refractivity contribution in [3.63, 3.8) is 0 Å². The molecular weight excluding hydrogens is 560 g/mol. The molecule has 1 saturated heterocycles. The van der Waals surface area contributed by atoms with Crippen LogP contribution in [-0.2, 0) is 29.9 Å². The van der Waals surface area contributed by atoms with Gasteiger partial charge in [-0.1, -0.05) is 0 Å². The monoisotopic (exact) mass is 592 g/mol. The molecule has 0 spiro atoms. The van der Waals surface area contributed by atoms with Crippen LogP contribution in [-0.4, -0.2) is 88.1 Å². The Balaban J connectivity index is 2.00. The van der Waals surface area contributed by atoms with Gasteiger partial charge in [-0.3, -0.25) is 0 Å². The number of hydrogen-bond acceptors (Lipinski definition) is 10. The summed E-state index contributed by atoms with van der Waals surface area (Å²) in [6, 6.07) is 8.48. The van der Waals surface area contributed by atoms with E-state index in [1.165, 1.54) is 71.8 Å². The lowest BCUT2D eigenvalue weighted by molar-refractivity contribution is 0.235. The highest BCUT2D eigenvalue weighted by molar-refractivity contribution is 7.92. The first kappa shape index (κ1) is 30.0. The zero-order valence-corrected chi connectivity index (χ0v) is 24.2. The summed E-state index contributed by atoms with van der Waals surface area (Å²) in [6.07, 6.45) is 0.0390. The van der Waals surface area contributed by atoms with Crippen LogP contribution in [0.1, 0.15) is 13.3 Å². The number of benzene rings is 2. The van der Waals surface area contributed by atoms with Gasteiger partial charge in [-0.2, -0.15) is 4.31 Å². The van der Waals surface area contributed by atoms with Gasteiger partial charge in [-0.25, -0.2) is 30.0 Å². The van der Waals surface area contributed by atoms with Crippen LogP contribution in [0.3, 0.4) is 0 Å². The van der Waals surface area contributed by atoms with Gasteiger partial charge < -0.3 is 18.9 Å². The second-order valence-electron chi connectivity index (χ2n) is 8.85. The van der Waals surface area contributed by atoms with Gasteiger partial charge in [0.25, 0.3) is 0 Å². The van der Waals surface area contributed by atoms with Crippen molar-refractivity contribution in [2.75, 3.05) is 53.0 Å². The SMILES string of the molecule is COc1ccc(OC)c(S(=O)(=O)NCCN([C@]2(C)CCS(=O)(=O)C2)S(=O)(=O)c2cc(OC)ccc2OC)c1. The summed E-state index contributed by atoms with van der Waals surface area (Å²) in [6.45, 7) is 0.811. The minimum absolute atomic E-state index is 0.0296. The lowest BCUT2D eigenvalue weighted by Gasteiger charge is -2.36. The van der Waals surface area contributed by atoms with Crippen molar-refractivity contribution >= 4 is 29.9 Å². The molecule has 0 unspecified atom stereocenters. The third-order valence-electron chi connectivity index (χ3n) is 6.29. The molecular formula is C23H32N2O10S3. The van der Waals surface area contributed by atoms with Crippen LogP contribution in [0.15, 0.2) is 46.2 Å². The second kappa shape index (κ2) is 11.3. The highest BCUT2D eigenvalue weighted by Gasteiger charge is 2.48. The Kier molecular flexibility index (Phi) is 8.88. The maximum Gasteiger partial charge on any atom is 0.247 e. The molecule has 0 amide bonds. The van der Waals surface area contributed by atoms with Crippen molar-refractivity contribution < 1.29 is 44.2 Å². The Morgan fingerprint density at radius 3 is 1.87 bits per heavy atom. The normalized spacial score (nSPS) is 19.3. The van der Waals surface area contributed by atoms with Crippen molar-refractivity contribution in [3.8, 4) is 23.0 Å². The Morgan fingerprint density at radius 1 is 0.868 bits per heavy atom. The summed E-state index contributed by atoms with van der Waals surface area (Å²) >= 11 is 0. The molecule has 0 bridgehead atoms. The molecule has 1 heterocycles. The average molecular weight is 593 g/mol. The Labute approximate surface area is 223 Å². The topological polar surface area (TPSA) is 155 Å². The zero-order chi connectivity index (χ0) is 28.4. The van der Waals surface area contributed by atoms with E-state index in [1.54, 1.807) is 0 Å². The maximum absolute atomic E-state index is 14.0. The van der Waals surface area contributed by atoms with Crippen LogP contribution in [0, 0.1) is 0 Å². The highest BCUT2D eigenvalue weighted by Crippen LogP contribution is 2.38. The van der Waals surface area contributed by atoms with Gasteiger partial charge in [0.2, 0.25) is 20.0 Å². The number of methoxy groups -OCH3 is 4. The first-order chi connectivity index (χ1) is 17.7. The molecule has 0 saturated carbocycles. The molecule has 15 heteroatoms. The summed E-state index contributed by atoms with van der Waals surface area (Å²) in [5.41, 5.74) is -1.33. The van der Waals surface area contributed by atoms with Crippen molar-refractivity contribution in [3.05, 3.63) is 36.4 Å². The Morgan fingerprint density at radius 2 is 1.39 bits per heavy atom. The van der Waals surface area contributed by atoms with E-state index in [2.05, 4.69) is 4.72 Å². The number of sulfonamides is 2.